The van der Waals surface area contributed by atoms with E-state index in [2.05, 4.69) is 25.8 Å². The first kappa shape index (κ1) is 14.2. The molecule has 0 aromatic carbocycles. The van der Waals surface area contributed by atoms with Gasteiger partial charge in [0.25, 0.3) is 0 Å². The van der Waals surface area contributed by atoms with Gasteiger partial charge in [0, 0.05) is 32.4 Å². The van der Waals surface area contributed by atoms with Crippen molar-refractivity contribution in [1.29, 1.82) is 0 Å². The third kappa shape index (κ3) is 3.65. The van der Waals surface area contributed by atoms with Crippen molar-refractivity contribution in [3.63, 3.8) is 0 Å². The highest BCUT2D eigenvalue weighted by Gasteiger charge is 2.27. The number of piperidine rings is 1. The number of rotatable bonds is 4. The van der Waals surface area contributed by atoms with Crippen LogP contribution in [0.4, 0.5) is 5.82 Å². The average molecular weight is 287 g/mol. The minimum Gasteiger partial charge on any atom is -0.370 e. The molecule has 1 saturated heterocycles. The van der Waals surface area contributed by atoms with Crippen molar-refractivity contribution >= 4 is 11.8 Å². The fourth-order valence-corrected chi connectivity index (χ4v) is 2.79. The van der Waals surface area contributed by atoms with E-state index >= 15 is 0 Å². The van der Waals surface area contributed by atoms with Gasteiger partial charge in [-0.25, -0.2) is 9.98 Å². The number of hydrogen-bond donors (Lipinski definition) is 1. The Morgan fingerprint density at radius 2 is 2.14 bits per heavy atom. The van der Waals surface area contributed by atoms with Crippen molar-refractivity contribution in [2.45, 2.75) is 44.7 Å². The molecule has 2 heterocycles. The predicted molar refractivity (Wildman–Crippen MR) is 86.4 cm³/mol. The van der Waals surface area contributed by atoms with E-state index in [4.69, 9.17) is 5.73 Å². The number of aliphatic imine (C=N–C) groups is 1. The van der Waals surface area contributed by atoms with Crippen molar-refractivity contribution < 1.29 is 0 Å². The Hall–Kier alpha value is -1.78. The first-order valence-electron chi connectivity index (χ1n) is 7.96. The van der Waals surface area contributed by atoms with Crippen molar-refractivity contribution in [3.05, 3.63) is 23.9 Å². The molecule has 114 valence electrons. The molecule has 0 unspecified atom stereocenters. The number of nitrogens with zero attached hydrogens (tertiary/aromatic N) is 4. The molecule has 3 rings (SSSR count). The van der Waals surface area contributed by atoms with Crippen LogP contribution in [0, 0.1) is 0 Å². The van der Waals surface area contributed by atoms with E-state index in [0.29, 0.717) is 18.5 Å². The highest BCUT2D eigenvalue weighted by Crippen LogP contribution is 2.25. The van der Waals surface area contributed by atoms with Crippen LogP contribution in [0.3, 0.4) is 0 Å². The van der Waals surface area contributed by atoms with E-state index in [1.807, 2.05) is 19.3 Å². The largest absolute Gasteiger partial charge is 0.370 e. The summed E-state index contributed by atoms with van der Waals surface area (Å²) < 4.78 is 0. The topological polar surface area (TPSA) is 57.8 Å². The summed E-state index contributed by atoms with van der Waals surface area (Å²) >= 11 is 0. The van der Waals surface area contributed by atoms with Crippen LogP contribution in [0.1, 0.15) is 37.7 Å². The Bertz CT molecular complexity index is 503. The van der Waals surface area contributed by atoms with Gasteiger partial charge in [0.2, 0.25) is 0 Å². The van der Waals surface area contributed by atoms with Crippen LogP contribution in [0.25, 0.3) is 0 Å². The smallest absolute Gasteiger partial charge is 0.191 e. The number of nitrogens with two attached hydrogens (primary N) is 1. The van der Waals surface area contributed by atoms with Gasteiger partial charge in [0.05, 0.1) is 6.54 Å². The standard InChI is InChI=1S/C16H25N5/c1-20(14-5-6-14)16(17)19-12-13-7-8-18-15(11-13)21-9-3-2-4-10-21/h7-8,11,14H,2-6,9-10,12H2,1H3,(H2,17,19). The first-order valence-corrected chi connectivity index (χ1v) is 7.96. The van der Waals surface area contributed by atoms with Crippen molar-refractivity contribution in [2.75, 3.05) is 25.0 Å². The quantitative estimate of drug-likeness (QED) is 0.679. The maximum absolute atomic E-state index is 6.04. The van der Waals surface area contributed by atoms with Crippen LogP contribution in [-0.2, 0) is 6.54 Å². The summed E-state index contributed by atoms with van der Waals surface area (Å²) in [6, 6.07) is 4.79. The number of guanidine groups is 1. The summed E-state index contributed by atoms with van der Waals surface area (Å²) in [7, 11) is 2.03. The van der Waals surface area contributed by atoms with Crippen molar-refractivity contribution in [1.82, 2.24) is 9.88 Å². The molecule has 1 aliphatic carbocycles. The molecule has 1 aromatic heterocycles. The summed E-state index contributed by atoms with van der Waals surface area (Å²) in [5.74, 6) is 1.73. The molecule has 2 aliphatic rings. The van der Waals surface area contributed by atoms with Crippen molar-refractivity contribution in [3.8, 4) is 0 Å². The van der Waals surface area contributed by atoms with Crippen LogP contribution >= 0.6 is 0 Å². The van der Waals surface area contributed by atoms with Gasteiger partial charge in [-0.1, -0.05) is 0 Å². The second-order valence-electron chi connectivity index (χ2n) is 6.09. The zero-order valence-corrected chi connectivity index (χ0v) is 12.8. The molecule has 0 radical (unpaired) electrons. The zero-order chi connectivity index (χ0) is 14.7. The molecule has 5 heteroatoms. The molecule has 1 saturated carbocycles. The normalized spacial score (nSPS) is 19.7. The van der Waals surface area contributed by atoms with Gasteiger partial charge in [-0.2, -0.15) is 0 Å². The van der Waals surface area contributed by atoms with Gasteiger partial charge >= 0.3 is 0 Å². The zero-order valence-electron chi connectivity index (χ0n) is 12.8. The van der Waals surface area contributed by atoms with E-state index in [-0.39, 0.29) is 0 Å². The highest BCUT2D eigenvalue weighted by molar-refractivity contribution is 5.78. The van der Waals surface area contributed by atoms with Crippen LogP contribution in [0.15, 0.2) is 23.3 Å². The monoisotopic (exact) mass is 287 g/mol. The van der Waals surface area contributed by atoms with E-state index in [1.165, 1.54) is 37.7 Å². The minimum atomic E-state index is 0.607. The molecule has 2 N–H and O–H groups in total. The van der Waals surface area contributed by atoms with Crippen LogP contribution in [0.2, 0.25) is 0 Å². The van der Waals surface area contributed by atoms with Gasteiger partial charge in [-0.3, -0.25) is 0 Å². The molecular formula is C16H25N5. The third-order valence-corrected chi connectivity index (χ3v) is 4.37. The Morgan fingerprint density at radius 3 is 2.86 bits per heavy atom. The SMILES string of the molecule is CN(C(N)=NCc1ccnc(N2CCCCC2)c1)C1CC1. The molecule has 1 aliphatic heterocycles. The molecule has 0 atom stereocenters. The lowest BCUT2D eigenvalue weighted by molar-refractivity contribution is 0.487. The van der Waals surface area contributed by atoms with Gasteiger partial charge in [-0.15, -0.1) is 0 Å². The minimum absolute atomic E-state index is 0.607. The third-order valence-electron chi connectivity index (χ3n) is 4.37. The maximum Gasteiger partial charge on any atom is 0.191 e. The molecule has 5 nitrogen and oxygen atoms in total. The lowest BCUT2D eigenvalue weighted by Crippen LogP contribution is -2.35. The number of pyridine rings is 1. The van der Waals surface area contributed by atoms with Gasteiger partial charge in [-0.05, 0) is 49.8 Å². The number of anilines is 1. The van der Waals surface area contributed by atoms with Crippen LogP contribution in [-0.4, -0.2) is 42.0 Å². The summed E-state index contributed by atoms with van der Waals surface area (Å²) in [6.45, 7) is 2.87. The van der Waals surface area contributed by atoms with E-state index < -0.39 is 0 Å². The summed E-state index contributed by atoms with van der Waals surface area (Å²) in [5, 5.41) is 0. The van der Waals surface area contributed by atoms with E-state index in [1.54, 1.807) is 0 Å². The fourth-order valence-electron chi connectivity index (χ4n) is 2.79. The maximum atomic E-state index is 6.04. The Labute approximate surface area is 126 Å². The second kappa shape index (κ2) is 6.33. The second-order valence-corrected chi connectivity index (χ2v) is 6.09. The van der Waals surface area contributed by atoms with Gasteiger partial charge < -0.3 is 15.5 Å². The van der Waals surface area contributed by atoms with Crippen LogP contribution < -0.4 is 10.6 Å². The lowest BCUT2D eigenvalue weighted by atomic mass is 10.1. The number of aromatic nitrogens is 1. The molecule has 1 aromatic rings. The Balaban J connectivity index is 1.63. The fraction of sp³-hybridized carbons (Fsp3) is 0.625. The Morgan fingerprint density at radius 1 is 1.38 bits per heavy atom. The summed E-state index contributed by atoms with van der Waals surface area (Å²) in [4.78, 5) is 13.5. The molecule has 0 amide bonds. The number of hydrogen-bond acceptors (Lipinski definition) is 3. The predicted octanol–water partition coefficient (Wildman–Crippen LogP) is 1.98. The summed E-state index contributed by atoms with van der Waals surface area (Å²) in [6.07, 6.45) is 8.23. The molecule has 0 spiro atoms. The molecule has 2 fully saturated rings. The van der Waals surface area contributed by atoms with E-state index in [9.17, 15) is 0 Å². The Kier molecular flexibility index (Phi) is 4.27. The lowest BCUT2D eigenvalue weighted by Gasteiger charge is -2.27. The molecule has 21 heavy (non-hydrogen) atoms. The first-order chi connectivity index (χ1) is 10.2. The summed E-state index contributed by atoms with van der Waals surface area (Å²) in [5.41, 5.74) is 7.22. The molecule has 0 bridgehead atoms. The molecular weight excluding hydrogens is 262 g/mol. The average Bonchev–Trinajstić information content (AvgIpc) is 3.38. The highest BCUT2D eigenvalue weighted by atomic mass is 15.3. The van der Waals surface area contributed by atoms with Crippen LogP contribution in [0.5, 0.6) is 0 Å². The van der Waals surface area contributed by atoms with Gasteiger partial charge in [0.1, 0.15) is 5.82 Å². The van der Waals surface area contributed by atoms with Gasteiger partial charge in [0.15, 0.2) is 5.96 Å². The van der Waals surface area contributed by atoms with E-state index in [0.717, 1.165) is 18.9 Å². The van der Waals surface area contributed by atoms with Crippen molar-refractivity contribution in [2.24, 2.45) is 10.7 Å².